The second kappa shape index (κ2) is 31.6. The van der Waals surface area contributed by atoms with Crippen molar-refractivity contribution in [1.29, 1.82) is 0 Å². The Hall–Kier alpha value is -3.40. The molecule has 3 amide bonds. The van der Waals surface area contributed by atoms with Gasteiger partial charge in [-0.15, -0.1) is 0 Å². The summed E-state index contributed by atoms with van der Waals surface area (Å²) in [5.74, 6) is -8.04. The maximum Gasteiger partial charge on any atom is 0.364 e. The van der Waals surface area contributed by atoms with Crippen molar-refractivity contribution < 1.29 is 183 Å². The Balaban J connectivity index is 1.21. The van der Waals surface area contributed by atoms with E-state index in [0.29, 0.717) is 0 Å². The highest BCUT2D eigenvalue weighted by molar-refractivity contribution is 5.77. The van der Waals surface area contributed by atoms with Crippen LogP contribution in [0.15, 0.2) is 0 Å². The Labute approximate surface area is 516 Å². The van der Waals surface area contributed by atoms with Crippen molar-refractivity contribution in [3.63, 3.8) is 0 Å². The van der Waals surface area contributed by atoms with Gasteiger partial charge in [-0.1, -0.05) is 0 Å². The molecular formula is C51H85N3O37. The molecule has 7 saturated heterocycles. The molecular weight excluding hydrogens is 1250 g/mol. The van der Waals surface area contributed by atoms with Crippen molar-refractivity contribution in [2.45, 2.75) is 261 Å². The summed E-state index contributed by atoms with van der Waals surface area (Å²) >= 11 is 0. The van der Waals surface area contributed by atoms with E-state index >= 15 is 0 Å². The molecule has 526 valence electrons. The number of hydrogen-bond acceptors (Lipinski definition) is 36. The van der Waals surface area contributed by atoms with E-state index in [-0.39, 0.29) is 0 Å². The number of carbonyl (C=O) groups is 4. The zero-order valence-electron chi connectivity index (χ0n) is 49.3. The highest BCUT2D eigenvalue weighted by Crippen LogP contribution is 2.41. The van der Waals surface area contributed by atoms with Gasteiger partial charge in [-0.25, -0.2) is 4.79 Å². The number of amides is 3. The molecule has 0 radical (unpaired) electrons. The van der Waals surface area contributed by atoms with Gasteiger partial charge in [-0.05, 0) is 13.8 Å². The van der Waals surface area contributed by atoms with Crippen LogP contribution in [0.5, 0.6) is 0 Å². The molecule has 7 aliphatic rings. The van der Waals surface area contributed by atoms with Crippen molar-refractivity contribution in [1.82, 2.24) is 16.0 Å². The number of carbonyl (C=O) groups excluding carboxylic acids is 3. The maximum atomic E-state index is 13.3. The van der Waals surface area contributed by atoms with E-state index in [1.807, 2.05) is 0 Å². The van der Waals surface area contributed by atoms with Crippen LogP contribution in [-0.4, -0.2) is 379 Å². The summed E-state index contributed by atoms with van der Waals surface area (Å²) in [5, 5.41) is 226. The van der Waals surface area contributed by atoms with Gasteiger partial charge in [0.2, 0.25) is 17.7 Å². The van der Waals surface area contributed by atoms with E-state index < -0.39 is 284 Å². The number of rotatable bonds is 23. The van der Waals surface area contributed by atoms with Gasteiger partial charge in [-0.3, -0.25) is 14.4 Å². The third-order valence-corrected chi connectivity index (χ3v) is 16.6. The lowest BCUT2D eigenvalue weighted by Crippen LogP contribution is -2.72. The van der Waals surface area contributed by atoms with Gasteiger partial charge >= 0.3 is 5.97 Å². The van der Waals surface area contributed by atoms with Crippen LogP contribution in [-0.2, 0) is 80.8 Å². The average Bonchev–Trinajstić information content (AvgIpc) is 0.789. The normalized spacial score (nSPS) is 48.0. The lowest BCUT2D eigenvalue weighted by Gasteiger charge is -2.52. The number of aliphatic hydroxyl groups excluding tert-OH is 19. The topological polar surface area (TPSA) is 629 Å². The van der Waals surface area contributed by atoms with E-state index in [2.05, 4.69) is 16.0 Å². The van der Waals surface area contributed by atoms with E-state index in [0.717, 1.165) is 20.8 Å². The zero-order chi connectivity index (χ0) is 67.6. The first-order valence-electron chi connectivity index (χ1n) is 29.0. The van der Waals surface area contributed by atoms with Crippen LogP contribution in [0.4, 0.5) is 0 Å². The molecule has 40 nitrogen and oxygen atoms in total. The Morgan fingerprint density at radius 3 is 1.33 bits per heavy atom. The molecule has 0 aromatic rings. The summed E-state index contributed by atoms with van der Waals surface area (Å²) in [6.45, 7) is -0.298. The monoisotopic (exact) mass is 1330 g/mol. The van der Waals surface area contributed by atoms with Crippen molar-refractivity contribution >= 4 is 23.7 Å². The van der Waals surface area contributed by atoms with E-state index in [1.54, 1.807) is 0 Å². The van der Waals surface area contributed by atoms with Crippen molar-refractivity contribution in [3.05, 3.63) is 0 Å². The highest BCUT2D eigenvalue weighted by atomic mass is 16.8. The molecule has 0 aromatic carbocycles. The van der Waals surface area contributed by atoms with E-state index in [9.17, 15) is 121 Å². The second-order valence-corrected chi connectivity index (χ2v) is 23.2. The Bertz CT molecular complexity index is 2380. The van der Waals surface area contributed by atoms with Crippen LogP contribution in [0.1, 0.15) is 41.0 Å². The molecule has 1 unspecified atom stereocenters. The first kappa shape index (κ1) is 75.0. The number of nitrogens with one attached hydrogen (secondary N) is 3. The number of hydrogen-bond donors (Lipinski definition) is 23. The molecule has 7 heterocycles. The molecule has 7 aliphatic heterocycles. The number of carboxylic acid groups (broad SMARTS) is 1. The molecule has 23 N–H and O–H groups in total. The minimum Gasteiger partial charge on any atom is -0.477 e. The average molecular weight is 1330 g/mol. The fourth-order valence-corrected chi connectivity index (χ4v) is 11.8. The number of aliphatic hydroxyl groups is 19. The minimum atomic E-state index is -3.28. The molecule has 91 heavy (non-hydrogen) atoms. The molecule has 7 fully saturated rings. The first-order chi connectivity index (χ1) is 42.8. The Morgan fingerprint density at radius 2 is 0.846 bits per heavy atom. The summed E-state index contributed by atoms with van der Waals surface area (Å²) < 4.78 is 76.8. The molecule has 0 aliphatic carbocycles. The first-order valence-corrected chi connectivity index (χ1v) is 29.0. The van der Waals surface area contributed by atoms with E-state index in [4.69, 9.17) is 61.6 Å². The molecule has 40 heteroatoms. The highest BCUT2D eigenvalue weighted by Gasteiger charge is 2.62. The SMILES string of the molecule is CC(=O)N[C@H]1[C@H](O[C@@H]2[C@H](O)[C@@H](O)[C@H](O[C@H]3[C@H](O[C@@H]4O[C@@H](C)[C@@H](O)[C@@H](O)[C@@H]4O)[C@@H](NC(C)=O)C(O)O[C@@H]3CO)O[C@@H]2CO)O[C@H](CO)[C@@H](O[C@@H]2O[C@H](CO)[C@H](O)[C@H](O[C@]3(C(=O)O)C[C@H](O)[C@@H](NC(C)=O)[C@H]([C@H](O)[C@H](O)CO)O3)[C@H]2O)[C@@H]1O[C@@H]1O[C@@H](C)[C@@H](O)[C@@H](O)[C@@H]1O. The fourth-order valence-electron chi connectivity index (χ4n) is 11.8. The largest absolute Gasteiger partial charge is 0.477 e. The Morgan fingerprint density at radius 1 is 0.451 bits per heavy atom. The van der Waals surface area contributed by atoms with Crippen LogP contribution >= 0.6 is 0 Å². The van der Waals surface area contributed by atoms with Crippen molar-refractivity contribution in [2.24, 2.45) is 0 Å². The third-order valence-electron chi connectivity index (χ3n) is 16.6. The molecule has 7 rings (SSSR count). The second-order valence-electron chi connectivity index (χ2n) is 23.2. The molecule has 36 atom stereocenters. The van der Waals surface area contributed by atoms with Gasteiger partial charge in [0, 0.05) is 27.2 Å². The third kappa shape index (κ3) is 16.2. The number of aliphatic carboxylic acids is 1. The van der Waals surface area contributed by atoms with Crippen LogP contribution in [0.2, 0.25) is 0 Å². The lowest BCUT2D eigenvalue weighted by molar-refractivity contribution is -0.399. The van der Waals surface area contributed by atoms with Crippen LogP contribution in [0.3, 0.4) is 0 Å². The van der Waals surface area contributed by atoms with Crippen LogP contribution in [0.25, 0.3) is 0 Å². The van der Waals surface area contributed by atoms with E-state index in [1.165, 1.54) is 13.8 Å². The maximum absolute atomic E-state index is 13.3. The van der Waals surface area contributed by atoms with Gasteiger partial charge in [0.15, 0.2) is 37.7 Å². The Kier molecular flexibility index (Phi) is 26.1. The summed E-state index contributed by atoms with van der Waals surface area (Å²) in [6.07, 6.45) is -65.7. The van der Waals surface area contributed by atoms with Crippen LogP contribution in [0, 0.1) is 0 Å². The fraction of sp³-hybridized carbons (Fsp3) is 0.922. The van der Waals surface area contributed by atoms with Gasteiger partial charge in [0.25, 0.3) is 5.79 Å². The summed E-state index contributed by atoms with van der Waals surface area (Å²) in [5.41, 5.74) is 0. The van der Waals surface area contributed by atoms with Gasteiger partial charge < -0.3 is 180 Å². The number of ether oxygens (including phenoxy) is 13. The van der Waals surface area contributed by atoms with Gasteiger partial charge in [-0.2, -0.15) is 0 Å². The number of carboxylic acids is 1. The summed E-state index contributed by atoms with van der Waals surface area (Å²) in [4.78, 5) is 51.2. The van der Waals surface area contributed by atoms with Crippen molar-refractivity contribution in [3.8, 4) is 0 Å². The molecule has 0 bridgehead atoms. The summed E-state index contributed by atoms with van der Waals surface area (Å²) in [7, 11) is 0. The van der Waals surface area contributed by atoms with Gasteiger partial charge in [0.1, 0.15) is 152 Å². The van der Waals surface area contributed by atoms with Crippen LogP contribution < -0.4 is 16.0 Å². The minimum absolute atomic E-state index is 0.807. The van der Waals surface area contributed by atoms with Crippen molar-refractivity contribution in [2.75, 3.05) is 33.0 Å². The predicted molar refractivity (Wildman–Crippen MR) is 281 cm³/mol. The summed E-state index contributed by atoms with van der Waals surface area (Å²) in [6, 6.07) is -5.37. The smallest absolute Gasteiger partial charge is 0.364 e. The lowest BCUT2D eigenvalue weighted by atomic mass is 9.88. The molecule has 0 saturated carbocycles. The molecule has 0 aromatic heterocycles. The predicted octanol–water partition coefficient (Wildman–Crippen LogP) is -14.6. The zero-order valence-corrected chi connectivity index (χ0v) is 49.3. The standard InChI is InChI=1S/C51H85N3O37/c1-12-26(65)30(69)33(72)46(79-12)88-41-24(53-15(4)61)44(76)81-21(10-58)38(41)86-48-35(74)32(71)37(20(9-57)84-48)85-45-25(54-16(5)62)42(89-47-34(73)31(70)27(66)13(2)80-47)39(22(11-59)83-45)87-49-36(75)43(29(68)19(8-56)82-49)91-51(50(77)78)6-17(63)23(52-14(3)60)40(90-51)28(67)18(64)7-55/h12-13,17-49,55-59,63-76H,6-11H2,1-5H3,(H,52,60)(H,53,61)(H,54,62)(H,77,78)/t12-,13-,17-,18+,19+,20+,21+,22+,23+,24+,25+,26+,27+,28+,29-,30+,31+,32+,33-,34-,35+,36+,37-,38+,39+,40+,41+,42+,43-,44?,45-,46-,47-,48-,49-,51-/m0/s1. The quantitative estimate of drug-likeness (QED) is 0.0452. The van der Waals surface area contributed by atoms with Gasteiger partial charge in [0.05, 0.1) is 57.4 Å². The molecule has 0 spiro atoms.